The second-order valence-corrected chi connectivity index (χ2v) is 5.94. The van der Waals surface area contributed by atoms with Crippen molar-refractivity contribution < 1.29 is 14.3 Å². The molecule has 2 aromatic carbocycles. The Hall–Kier alpha value is -2.46. The first-order valence-corrected chi connectivity index (χ1v) is 8.39. The lowest BCUT2D eigenvalue weighted by atomic mass is 10.1. The first kappa shape index (κ1) is 18.9. The molecule has 0 saturated heterocycles. The Balaban J connectivity index is 2.05. The van der Waals surface area contributed by atoms with Gasteiger partial charge < -0.3 is 14.4 Å². The van der Waals surface area contributed by atoms with Gasteiger partial charge in [-0.3, -0.25) is 4.79 Å². The Morgan fingerprint density at radius 3 is 2.68 bits per heavy atom. The van der Waals surface area contributed by atoms with Crippen molar-refractivity contribution in [1.29, 1.82) is 0 Å². The molecule has 2 rings (SSSR count). The first-order valence-electron chi connectivity index (χ1n) is 8.02. The number of amides is 1. The van der Waals surface area contributed by atoms with Crippen LogP contribution in [0.1, 0.15) is 18.1 Å². The molecule has 0 N–H and O–H groups in total. The molecule has 0 aromatic heterocycles. The van der Waals surface area contributed by atoms with Gasteiger partial charge in [0, 0.05) is 24.7 Å². The van der Waals surface area contributed by atoms with E-state index in [9.17, 15) is 4.79 Å². The summed E-state index contributed by atoms with van der Waals surface area (Å²) in [6, 6.07) is 13.0. The molecule has 0 fully saturated rings. The number of benzene rings is 2. The first-order chi connectivity index (χ1) is 12.0. The minimum atomic E-state index is -0.0891. The standard InChI is InChI=1S/C20H22ClNO3/c1-4-25-19-13-15(8-10-18(19)24-3)9-11-20(23)22(2)14-16-6-5-7-17(21)12-16/h5-13H,4,14H2,1-3H3/b11-9+. The van der Waals surface area contributed by atoms with Crippen LogP contribution in [0.2, 0.25) is 5.02 Å². The highest BCUT2D eigenvalue weighted by molar-refractivity contribution is 6.30. The fourth-order valence-corrected chi connectivity index (χ4v) is 2.56. The maximum absolute atomic E-state index is 12.3. The number of methoxy groups -OCH3 is 1. The van der Waals surface area contributed by atoms with Crippen molar-refractivity contribution >= 4 is 23.6 Å². The van der Waals surface area contributed by atoms with Crippen LogP contribution in [0.3, 0.4) is 0 Å². The monoisotopic (exact) mass is 359 g/mol. The van der Waals surface area contributed by atoms with E-state index in [0.717, 1.165) is 11.1 Å². The maximum atomic E-state index is 12.3. The van der Waals surface area contributed by atoms with Gasteiger partial charge >= 0.3 is 0 Å². The Labute approximate surface area is 153 Å². The number of ether oxygens (including phenoxy) is 2. The average molecular weight is 360 g/mol. The number of carbonyl (C=O) groups is 1. The predicted octanol–water partition coefficient (Wildman–Crippen LogP) is 4.42. The molecule has 5 heteroatoms. The Kier molecular flexibility index (Phi) is 6.90. The van der Waals surface area contributed by atoms with Crippen LogP contribution < -0.4 is 9.47 Å². The summed E-state index contributed by atoms with van der Waals surface area (Å²) >= 11 is 5.97. The van der Waals surface area contributed by atoms with E-state index in [1.807, 2.05) is 49.4 Å². The zero-order valence-corrected chi connectivity index (χ0v) is 15.4. The van der Waals surface area contributed by atoms with Gasteiger partial charge in [0.15, 0.2) is 11.5 Å². The molecule has 4 nitrogen and oxygen atoms in total. The minimum absolute atomic E-state index is 0.0891. The van der Waals surface area contributed by atoms with E-state index < -0.39 is 0 Å². The van der Waals surface area contributed by atoms with Crippen LogP contribution in [0.25, 0.3) is 6.08 Å². The lowest BCUT2D eigenvalue weighted by molar-refractivity contribution is -0.125. The van der Waals surface area contributed by atoms with Crippen LogP contribution in [0, 0.1) is 0 Å². The van der Waals surface area contributed by atoms with E-state index in [4.69, 9.17) is 21.1 Å². The van der Waals surface area contributed by atoms with Crippen molar-refractivity contribution in [2.24, 2.45) is 0 Å². The average Bonchev–Trinajstić information content (AvgIpc) is 2.60. The molecule has 0 saturated carbocycles. The van der Waals surface area contributed by atoms with Gasteiger partial charge in [0.1, 0.15) is 0 Å². The van der Waals surface area contributed by atoms with Gasteiger partial charge in [0.25, 0.3) is 0 Å². The summed E-state index contributed by atoms with van der Waals surface area (Å²) < 4.78 is 10.8. The predicted molar refractivity (Wildman–Crippen MR) is 101 cm³/mol. The molecular weight excluding hydrogens is 338 g/mol. The number of nitrogens with zero attached hydrogens (tertiary/aromatic N) is 1. The fourth-order valence-electron chi connectivity index (χ4n) is 2.35. The Bertz CT molecular complexity index is 758. The van der Waals surface area contributed by atoms with Gasteiger partial charge in [-0.15, -0.1) is 0 Å². The number of likely N-dealkylation sites (N-methyl/N-ethyl adjacent to an activating group) is 1. The second-order valence-electron chi connectivity index (χ2n) is 5.50. The highest BCUT2D eigenvalue weighted by Gasteiger charge is 2.07. The second kappa shape index (κ2) is 9.14. The van der Waals surface area contributed by atoms with E-state index in [2.05, 4.69) is 0 Å². The van der Waals surface area contributed by atoms with E-state index in [1.165, 1.54) is 0 Å². The molecule has 0 aliphatic heterocycles. The molecular formula is C20H22ClNO3. The number of hydrogen-bond donors (Lipinski definition) is 0. The van der Waals surface area contributed by atoms with E-state index in [1.54, 1.807) is 31.2 Å². The number of rotatable bonds is 7. The van der Waals surface area contributed by atoms with Crippen molar-refractivity contribution in [1.82, 2.24) is 4.90 Å². The van der Waals surface area contributed by atoms with Gasteiger partial charge in [-0.2, -0.15) is 0 Å². The quantitative estimate of drug-likeness (QED) is 0.687. The van der Waals surface area contributed by atoms with Crippen molar-refractivity contribution in [2.75, 3.05) is 20.8 Å². The highest BCUT2D eigenvalue weighted by atomic mass is 35.5. The molecule has 0 unspecified atom stereocenters. The molecule has 0 bridgehead atoms. The van der Waals surface area contributed by atoms with Crippen LogP contribution in [0.4, 0.5) is 0 Å². The van der Waals surface area contributed by atoms with Crippen LogP contribution in [0.5, 0.6) is 11.5 Å². The summed E-state index contributed by atoms with van der Waals surface area (Å²) in [6.45, 7) is 2.96. The van der Waals surface area contributed by atoms with Gasteiger partial charge in [-0.05, 0) is 48.4 Å². The van der Waals surface area contributed by atoms with Crippen molar-refractivity contribution in [2.45, 2.75) is 13.5 Å². The topological polar surface area (TPSA) is 38.8 Å². The molecule has 0 radical (unpaired) electrons. The van der Waals surface area contributed by atoms with E-state index >= 15 is 0 Å². The molecule has 0 aliphatic carbocycles. The third-order valence-electron chi connectivity index (χ3n) is 3.59. The van der Waals surface area contributed by atoms with Crippen LogP contribution >= 0.6 is 11.6 Å². The highest BCUT2D eigenvalue weighted by Crippen LogP contribution is 2.28. The largest absolute Gasteiger partial charge is 0.493 e. The molecule has 2 aromatic rings. The molecule has 0 atom stereocenters. The Morgan fingerprint density at radius 2 is 2.00 bits per heavy atom. The van der Waals surface area contributed by atoms with Crippen LogP contribution in [0.15, 0.2) is 48.5 Å². The van der Waals surface area contributed by atoms with Crippen LogP contribution in [-0.2, 0) is 11.3 Å². The fraction of sp³-hybridized carbons (Fsp3) is 0.250. The number of carbonyl (C=O) groups excluding carboxylic acids is 1. The zero-order chi connectivity index (χ0) is 18.2. The lowest BCUT2D eigenvalue weighted by Crippen LogP contribution is -2.24. The minimum Gasteiger partial charge on any atom is -0.493 e. The summed E-state index contributed by atoms with van der Waals surface area (Å²) in [6.07, 6.45) is 3.31. The summed E-state index contributed by atoms with van der Waals surface area (Å²) in [5.41, 5.74) is 1.86. The normalized spacial score (nSPS) is 10.7. The van der Waals surface area contributed by atoms with Gasteiger partial charge in [0.2, 0.25) is 5.91 Å². The van der Waals surface area contributed by atoms with Gasteiger partial charge in [0.05, 0.1) is 13.7 Å². The molecule has 0 spiro atoms. The lowest BCUT2D eigenvalue weighted by Gasteiger charge is -2.15. The van der Waals surface area contributed by atoms with Gasteiger partial charge in [-0.25, -0.2) is 0 Å². The summed E-state index contributed by atoms with van der Waals surface area (Å²) in [5, 5.41) is 0.663. The smallest absolute Gasteiger partial charge is 0.246 e. The summed E-state index contributed by atoms with van der Waals surface area (Å²) in [7, 11) is 3.36. The molecule has 0 aliphatic rings. The van der Waals surface area contributed by atoms with Gasteiger partial charge in [-0.1, -0.05) is 29.8 Å². The van der Waals surface area contributed by atoms with Crippen molar-refractivity contribution in [3.63, 3.8) is 0 Å². The summed E-state index contributed by atoms with van der Waals surface area (Å²) in [4.78, 5) is 13.9. The summed E-state index contributed by atoms with van der Waals surface area (Å²) in [5.74, 6) is 1.24. The van der Waals surface area contributed by atoms with E-state index in [-0.39, 0.29) is 5.91 Å². The maximum Gasteiger partial charge on any atom is 0.246 e. The molecule has 1 amide bonds. The van der Waals surface area contributed by atoms with E-state index in [0.29, 0.717) is 29.7 Å². The third-order valence-corrected chi connectivity index (χ3v) is 3.83. The van der Waals surface area contributed by atoms with Crippen LogP contribution in [-0.4, -0.2) is 31.6 Å². The molecule has 132 valence electrons. The third kappa shape index (κ3) is 5.54. The number of hydrogen-bond acceptors (Lipinski definition) is 3. The van der Waals surface area contributed by atoms with Crippen molar-refractivity contribution in [3.05, 3.63) is 64.7 Å². The SMILES string of the molecule is CCOc1cc(/C=C/C(=O)N(C)Cc2cccc(Cl)c2)ccc1OC. The molecule has 25 heavy (non-hydrogen) atoms. The Morgan fingerprint density at radius 1 is 1.20 bits per heavy atom. The number of halogens is 1. The molecule has 0 heterocycles. The van der Waals surface area contributed by atoms with Crippen molar-refractivity contribution in [3.8, 4) is 11.5 Å². The zero-order valence-electron chi connectivity index (χ0n) is 14.7.